The fraction of sp³-hybridized carbons (Fsp3) is 0.500. The van der Waals surface area contributed by atoms with Gasteiger partial charge in [0.05, 0.1) is 4.34 Å². The molecule has 0 unspecified atom stereocenters. The van der Waals surface area contributed by atoms with Crippen LogP contribution in [-0.2, 0) is 11.2 Å². The van der Waals surface area contributed by atoms with Crippen LogP contribution in [0, 0.1) is 0 Å². The van der Waals surface area contributed by atoms with Gasteiger partial charge in [0, 0.05) is 17.7 Å². The van der Waals surface area contributed by atoms with Gasteiger partial charge >= 0.3 is 0 Å². The van der Waals surface area contributed by atoms with Gasteiger partial charge in [-0.25, -0.2) is 0 Å². The largest absolute Gasteiger partial charge is 0.300 e. The Labute approximate surface area is 87.7 Å². The molecule has 1 nitrogen and oxygen atoms in total. The van der Waals surface area contributed by atoms with Gasteiger partial charge in [-0.1, -0.05) is 18.5 Å². The zero-order chi connectivity index (χ0) is 9.68. The number of thiophene rings is 1. The van der Waals surface area contributed by atoms with E-state index in [1.807, 2.05) is 19.1 Å². The monoisotopic (exact) mass is 216 g/mol. The van der Waals surface area contributed by atoms with Gasteiger partial charge in [0.1, 0.15) is 5.78 Å². The molecule has 3 heteroatoms. The first-order chi connectivity index (χ1) is 6.22. The highest BCUT2D eigenvalue weighted by molar-refractivity contribution is 7.16. The normalized spacial score (nSPS) is 10.3. The molecule has 0 aliphatic rings. The molecule has 1 rings (SSSR count). The Kier molecular flexibility index (Phi) is 4.46. The molecule has 0 fully saturated rings. The fourth-order valence-corrected chi connectivity index (χ4v) is 2.25. The number of ketones is 1. The van der Waals surface area contributed by atoms with E-state index in [2.05, 4.69) is 0 Å². The van der Waals surface area contributed by atoms with Crippen molar-refractivity contribution in [2.75, 3.05) is 0 Å². The minimum absolute atomic E-state index is 0.350. The van der Waals surface area contributed by atoms with Crippen LogP contribution in [0.3, 0.4) is 0 Å². The number of rotatable bonds is 5. The second-order valence-corrected chi connectivity index (χ2v) is 4.75. The zero-order valence-electron chi connectivity index (χ0n) is 7.68. The molecule has 0 atom stereocenters. The van der Waals surface area contributed by atoms with E-state index in [1.54, 1.807) is 11.3 Å². The molecular formula is C10H13ClOS. The van der Waals surface area contributed by atoms with Crippen LogP contribution in [-0.4, -0.2) is 5.78 Å². The highest BCUT2D eigenvalue weighted by Crippen LogP contribution is 2.22. The topological polar surface area (TPSA) is 17.1 Å². The van der Waals surface area contributed by atoms with Crippen molar-refractivity contribution in [3.63, 3.8) is 0 Å². The van der Waals surface area contributed by atoms with E-state index >= 15 is 0 Å². The first-order valence-corrected chi connectivity index (χ1v) is 5.67. The third-order valence-electron chi connectivity index (χ3n) is 1.90. The van der Waals surface area contributed by atoms with Crippen LogP contribution in [0.15, 0.2) is 12.1 Å². The van der Waals surface area contributed by atoms with Crippen molar-refractivity contribution in [3.8, 4) is 0 Å². The van der Waals surface area contributed by atoms with Gasteiger partial charge in [0.25, 0.3) is 0 Å². The highest BCUT2D eigenvalue weighted by Gasteiger charge is 2.00. The number of carbonyl (C=O) groups is 1. The summed E-state index contributed by atoms with van der Waals surface area (Å²) in [4.78, 5) is 12.3. The van der Waals surface area contributed by atoms with E-state index < -0.39 is 0 Å². The van der Waals surface area contributed by atoms with Crippen molar-refractivity contribution in [3.05, 3.63) is 21.3 Å². The van der Waals surface area contributed by atoms with Crippen LogP contribution in [0.4, 0.5) is 0 Å². The van der Waals surface area contributed by atoms with E-state index in [9.17, 15) is 4.79 Å². The van der Waals surface area contributed by atoms with E-state index in [0.29, 0.717) is 18.6 Å². The molecule has 72 valence electrons. The molecule has 1 aromatic rings. The van der Waals surface area contributed by atoms with Gasteiger partial charge in [-0.2, -0.15) is 0 Å². The minimum Gasteiger partial charge on any atom is -0.300 e. The van der Waals surface area contributed by atoms with Crippen molar-refractivity contribution in [2.45, 2.75) is 32.6 Å². The Morgan fingerprint density at radius 1 is 1.54 bits per heavy atom. The van der Waals surface area contributed by atoms with Crippen LogP contribution >= 0.6 is 22.9 Å². The van der Waals surface area contributed by atoms with Crippen LogP contribution in [0.1, 0.15) is 31.1 Å². The first-order valence-electron chi connectivity index (χ1n) is 4.48. The Balaban J connectivity index is 2.24. The number of hydrogen-bond acceptors (Lipinski definition) is 2. The molecule has 1 aromatic heterocycles. The fourth-order valence-electron chi connectivity index (χ4n) is 1.12. The second-order valence-electron chi connectivity index (χ2n) is 2.95. The maximum absolute atomic E-state index is 11.0. The molecular weight excluding hydrogens is 204 g/mol. The summed E-state index contributed by atoms with van der Waals surface area (Å²) < 4.78 is 0.830. The van der Waals surface area contributed by atoms with Crippen molar-refractivity contribution >= 4 is 28.7 Å². The van der Waals surface area contributed by atoms with Crippen LogP contribution < -0.4 is 0 Å². The summed E-state index contributed by atoms with van der Waals surface area (Å²) in [5, 5.41) is 0. The molecule has 0 saturated carbocycles. The Bertz CT molecular complexity index is 280. The smallest absolute Gasteiger partial charge is 0.132 e. The highest BCUT2D eigenvalue weighted by atomic mass is 35.5. The molecule has 0 amide bonds. The second kappa shape index (κ2) is 5.40. The van der Waals surface area contributed by atoms with E-state index in [0.717, 1.165) is 17.2 Å². The lowest BCUT2D eigenvalue weighted by Crippen LogP contribution is -1.95. The average Bonchev–Trinajstić information content (AvgIpc) is 2.51. The summed E-state index contributed by atoms with van der Waals surface area (Å²) >= 11 is 7.38. The predicted octanol–water partition coefficient (Wildman–Crippen LogP) is 3.70. The van der Waals surface area contributed by atoms with Gasteiger partial charge < -0.3 is 0 Å². The number of aryl methyl sites for hydroxylation is 1. The third-order valence-corrected chi connectivity index (χ3v) is 3.19. The zero-order valence-corrected chi connectivity index (χ0v) is 9.25. The van der Waals surface area contributed by atoms with E-state index in [-0.39, 0.29) is 0 Å². The van der Waals surface area contributed by atoms with Gasteiger partial charge in [0.15, 0.2) is 0 Å². The molecule has 0 bridgehead atoms. The van der Waals surface area contributed by atoms with Gasteiger partial charge in [0.2, 0.25) is 0 Å². The third kappa shape index (κ3) is 3.92. The Morgan fingerprint density at radius 3 is 2.85 bits per heavy atom. The molecule has 0 spiro atoms. The number of carbonyl (C=O) groups excluding carboxylic acids is 1. The van der Waals surface area contributed by atoms with Crippen LogP contribution in [0.2, 0.25) is 4.34 Å². The van der Waals surface area contributed by atoms with Gasteiger partial charge in [-0.05, 0) is 25.0 Å². The van der Waals surface area contributed by atoms with Crippen molar-refractivity contribution in [1.82, 2.24) is 0 Å². The predicted molar refractivity (Wildman–Crippen MR) is 57.6 cm³/mol. The maximum atomic E-state index is 11.0. The van der Waals surface area contributed by atoms with E-state index in [1.165, 1.54) is 4.88 Å². The molecule has 0 saturated heterocycles. The lowest BCUT2D eigenvalue weighted by Gasteiger charge is -1.95. The summed E-state index contributed by atoms with van der Waals surface area (Å²) in [5.74, 6) is 0.350. The van der Waals surface area contributed by atoms with E-state index in [4.69, 9.17) is 11.6 Å². The molecule has 1 heterocycles. The molecule has 0 radical (unpaired) electrons. The quantitative estimate of drug-likeness (QED) is 0.734. The molecule has 0 aliphatic heterocycles. The van der Waals surface area contributed by atoms with Crippen molar-refractivity contribution in [2.24, 2.45) is 0 Å². The Hall–Kier alpha value is -0.340. The minimum atomic E-state index is 0.350. The Morgan fingerprint density at radius 2 is 2.31 bits per heavy atom. The molecule has 13 heavy (non-hydrogen) atoms. The summed E-state index contributed by atoms with van der Waals surface area (Å²) in [5.41, 5.74) is 0. The first kappa shape index (κ1) is 10.7. The van der Waals surface area contributed by atoms with Crippen LogP contribution in [0.25, 0.3) is 0 Å². The molecule has 0 aromatic carbocycles. The lowest BCUT2D eigenvalue weighted by atomic mass is 10.1. The molecule has 0 aliphatic carbocycles. The van der Waals surface area contributed by atoms with Crippen molar-refractivity contribution in [1.29, 1.82) is 0 Å². The van der Waals surface area contributed by atoms with Gasteiger partial charge in [-0.15, -0.1) is 11.3 Å². The SMILES string of the molecule is CCC(=O)CCCc1ccc(Cl)s1. The standard InChI is InChI=1S/C10H13ClOS/c1-2-8(12)4-3-5-9-6-7-10(11)13-9/h6-7H,2-5H2,1H3. The number of hydrogen-bond donors (Lipinski definition) is 0. The summed E-state index contributed by atoms with van der Waals surface area (Å²) in [7, 11) is 0. The summed E-state index contributed by atoms with van der Waals surface area (Å²) in [6.07, 6.45) is 3.28. The van der Waals surface area contributed by atoms with Crippen LogP contribution in [0.5, 0.6) is 0 Å². The number of Topliss-reactive ketones (excluding diaryl/α,β-unsaturated/α-hetero) is 1. The maximum Gasteiger partial charge on any atom is 0.132 e. The molecule has 0 N–H and O–H groups in total. The number of halogens is 1. The van der Waals surface area contributed by atoms with Crippen molar-refractivity contribution < 1.29 is 4.79 Å². The average molecular weight is 217 g/mol. The summed E-state index contributed by atoms with van der Waals surface area (Å²) in [6.45, 7) is 1.91. The van der Waals surface area contributed by atoms with Gasteiger partial charge in [-0.3, -0.25) is 4.79 Å². The summed E-state index contributed by atoms with van der Waals surface area (Å²) in [6, 6.07) is 3.94. The lowest BCUT2D eigenvalue weighted by molar-refractivity contribution is -0.118.